The second-order valence-corrected chi connectivity index (χ2v) is 3.65. The Morgan fingerprint density at radius 3 is 2.88 bits per heavy atom. The van der Waals surface area contributed by atoms with E-state index in [0.29, 0.717) is 5.56 Å². The molecule has 1 amide bonds. The maximum Gasteiger partial charge on any atom is 0.407 e. The number of ether oxygens (including phenoxy) is 1. The lowest BCUT2D eigenvalue weighted by molar-refractivity contribution is 0.148. The second-order valence-electron chi connectivity index (χ2n) is 3.65. The van der Waals surface area contributed by atoms with E-state index >= 15 is 0 Å². The van der Waals surface area contributed by atoms with Crippen molar-refractivity contribution in [2.45, 2.75) is 19.9 Å². The lowest BCUT2D eigenvalue weighted by Crippen LogP contribution is -2.34. The number of amides is 1. The van der Waals surface area contributed by atoms with E-state index in [2.05, 4.69) is 5.32 Å². The van der Waals surface area contributed by atoms with Gasteiger partial charge in [-0.2, -0.15) is 0 Å². The van der Waals surface area contributed by atoms with Crippen molar-refractivity contribution in [1.29, 1.82) is 0 Å². The molecule has 1 rings (SSSR count). The van der Waals surface area contributed by atoms with Crippen LogP contribution in [0.25, 0.3) is 0 Å². The summed E-state index contributed by atoms with van der Waals surface area (Å²) in [5.74, 6) is -0.352. The monoisotopic (exact) mass is 240 g/mol. The summed E-state index contributed by atoms with van der Waals surface area (Å²) in [6, 6.07) is 3.96. The van der Waals surface area contributed by atoms with Crippen LogP contribution in [0.4, 0.5) is 9.18 Å². The number of nitrogens with two attached hydrogens (primary N) is 1. The summed E-state index contributed by atoms with van der Waals surface area (Å²) in [4.78, 5) is 11.3. The fraction of sp³-hybridized carbons (Fsp3) is 0.417. The van der Waals surface area contributed by atoms with Crippen LogP contribution >= 0.6 is 0 Å². The smallest absolute Gasteiger partial charge is 0.407 e. The van der Waals surface area contributed by atoms with Crippen LogP contribution in [-0.2, 0) is 4.74 Å². The first-order valence-electron chi connectivity index (χ1n) is 5.47. The summed E-state index contributed by atoms with van der Waals surface area (Å²) in [6.07, 6.45) is -0.549. The fourth-order valence-electron chi connectivity index (χ4n) is 1.57. The highest BCUT2D eigenvalue weighted by Crippen LogP contribution is 2.18. The molecule has 1 aromatic rings. The van der Waals surface area contributed by atoms with Crippen LogP contribution in [0.3, 0.4) is 0 Å². The molecular weight excluding hydrogens is 223 g/mol. The Labute approximate surface area is 100.0 Å². The molecule has 1 atom stereocenters. The van der Waals surface area contributed by atoms with Crippen molar-refractivity contribution in [2.24, 2.45) is 5.73 Å². The molecule has 1 unspecified atom stereocenters. The molecule has 4 nitrogen and oxygen atoms in total. The predicted molar refractivity (Wildman–Crippen MR) is 63.1 cm³/mol. The number of alkyl carbamates (subject to hydrolysis) is 1. The Bertz CT molecular complexity index is 396. The number of nitrogens with one attached hydrogen (secondary N) is 1. The maximum atomic E-state index is 13.1. The zero-order valence-electron chi connectivity index (χ0n) is 10.00. The third-order valence-electron chi connectivity index (χ3n) is 2.42. The lowest BCUT2D eigenvalue weighted by Gasteiger charge is -2.18. The Balaban J connectivity index is 2.85. The standard InChI is InChI=1S/C12H17FN2O2/c1-3-17-12(16)15-11(7-14)10-6-9(13)5-4-8(10)2/h4-6,11H,3,7,14H2,1-2H3,(H,15,16). The Hall–Kier alpha value is -1.62. The van der Waals surface area contributed by atoms with Crippen LogP contribution in [-0.4, -0.2) is 19.2 Å². The van der Waals surface area contributed by atoms with Gasteiger partial charge in [0.05, 0.1) is 12.6 Å². The quantitative estimate of drug-likeness (QED) is 0.844. The molecule has 3 N–H and O–H groups in total. The minimum atomic E-state index is -0.549. The SMILES string of the molecule is CCOC(=O)NC(CN)c1cc(F)ccc1C. The number of hydrogen-bond acceptors (Lipinski definition) is 3. The van der Waals surface area contributed by atoms with E-state index in [1.807, 2.05) is 6.92 Å². The highest BCUT2D eigenvalue weighted by molar-refractivity contribution is 5.68. The number of carbonyl (C=O) groups excluding carboxylic acids is 1. The number of aryl methyl sites for hydroxylation is 1. The van der Waals surface area contributed by atoms with Gasteiger partial charge in [-0.05, 0) is 37.1 Å². The van der Waals surface area contributed by atoms with Gasteiger partial charge < -0.3 is 15.8 Å². The predicted octanol–water partition coefficient (Wildman–Crippen LogP) is 1.88. The first kappa shape index (κ1) is 13.4. The average molecular weight is 240 g/mol. The van der Waals surface area contributed by atoms with Gasteiger partial charge in [-0.15, -0.1) is 0 Å². The van der Waals surface area contributed by atoms with Crippen molar-refractivity contribution in [3.8, 4) is 0 Å². The molecule has 0 aliphatic heterocycles. The number of hydrogen-bond donors (Lipinski definition) is 2. The molecule has 0 spiro atoms. The van der Waals surface area contributed by atoms with Gasteiger partial charge in [0.1, 0.15) is 5.82 Å². The van der Waals surface area contributed by atoms with Crippen molar-refractivity contribution >= 4 is 6.09 Å². The Morgan fingerprint density at radius 2 is 2.29 bits per heavy atom. The fourth-order valence-corrected chi connectivity index (χ4v) is 1.57. The zero-order valence-corrected chi connectivity index (χ0v) is 10.00. The lowest BCUT2D eigenvalue weighted by atomic mass is 10.0. The van der Waals surface area contributed by atoms with Crippen LogP contribution < -0.4 is 11.1 Å². The van der Waals surface area contributed by atoms with E-state index in [1.165, 1.54) is 12.1 Å². The van der Waals surface area contributed by atoms with Crippen molar-refractivity contribution in [3.05, 3.63) is 35.1 Å². The molecule has 17 heavy (non-hydrogen) atoms. The average Bonchev–Trinajstić information content (AvgIpc) is 2.30. The van der Waals surface area contributed by atoms with E-state index in [0.717, 1.165) is 5.56 Å². The molecule has 5 heteroatoms. The van der Waals surface area contributed by atoms with Crippen LogP contribution in [0.15, 0.2) is 18.2 Å². The summed E-state index contributed by atoms with van der Waals surface area (Å²) in [7, 11) is 0. The first-order valence-corrected chi connectivity index (χ1v) is 5.47. The van der Waals surface area contributed by atoms with Gasteiger partial charge in [0.2, 0.25) is 0 Å². The Kier molecular flexibility index (Phi) is 4.90. The van der Waals surface area contributed by atoms with Crippen LogP contribution in [0.2, 0.25) is 0 Å². The zero-order chi connectivity index (χ0) is 12.8. The van der Waals surface area contributed by atoms with Crippen molar-refractivity contribution < 1.29 is 13.9 Å². The number of benzene rings is 1. The number of carbonyl (C=O) groups is 1. The van der Waals surface area contributed by atoms with Gasteiger partial charge in [-0.3, -0.25) is 0 Å². The molecule has 0 radical (unpaired) electrons. The van der Waals surface area contributed by atoms with E-state index < -0.39 is 12.1 Å². The van der Waals surface area contributed by atoms with Gasteiger partial charge in [-0.1, -0.05) is 6.07 Å². The minimum absolute atomic E-state index is 0.184. The van der Waals surface area contributed by atoms with Crippen molar-refractivity contribution in [3.63, 3.8) is 0 Å². The molecule has 1 aromatic carbocycles. The molecule has 0 saturated heterocycles. The molecule has 0 aliphatic rings. The van der Waals surface area contributed by atoms with Crippen LogP contribution in [0, 0.1) is 12.7 Å². The summed E-state index contributed by atoms with van der Waals surface area (Å²) >= 11 is 0. The maximum absolute atomic E-state index is 13.1. The molecule has 0 bridgehead atoms. The summed E-state index contributed by atoms with van der Waals surface area (Å²) in [6.45, 7) is 4.02. The minimum Gasteiger partial charge on any atom is -0.450 e. The highest BCUT2D eigenvalue weighted by Gasteiger charge is 2.16. The Morgan fingerprint density at radius 1 is 1.59 bits per heavy atom. The largest absolute Gasteiger partial charge is 0.450 e. The summed E-state index contributed by atoms with van der Waals surface area (Å²) in [5, 5.41) is 2.60. The molecule has 0 saturated carbocycles. The van der Waals surface area contributed by atoms with Crippen LogP contribution in [0.5, 0.6) is 0 Å². The van der Waals surface area contributed by atoms with E-state index in [1.54, 1.807) is 13.0 Å². The summed E-state index contributed by atoms with van der Waals surface area (Å²) < 4.78 is 17.9. The first-order chi connectivity index (χ1) is 8.08. The molecule has 0 aliphatic carbocycles. The highest BCUT2D eigenvalue weighted by atomic mass is 19.1. The molecule has 0 heterocycles. The molecule has 0 aromatic heterocycles. The molecule has 94 valence electrons. The van der Waals surface area contributed by atoms with Crippen LogP contribution in [0.1, 0.15) is 24.1 Å². The van der Waals surface area contributed by atoms with Gasteiger partial charge >= 0.3 is 6.09 Å². The second kappa shape index (κ2) is 6.20. The number of rotatable bonds is 4. The van der Waals surface area contributed by atoms with Gasteiger partial charge in [-0.25, -0.2) is 9.18 Å². The van der Waals surface area contributed by atoms with E-state index in [4.69, 9.17) is 10.5 Å². The third kappa shape index (κ3) is 3.71. The van der Waals surface area contributed by atoms with Gasteiger partial charge in [0.15, 0.2) is 0 Å². The summed E-state index contributed by atoms with van der Waals surface area (Å²) in [5.41, 5.74) is 7.12. The molecular formula is C12H17FN2O2. The normalized spacial score (nSPS) is 12.0. The van der Waals surface area contributed by atoms with Gasteiger partial charge in [0.25, 0.3) is 0 Å². The van der Waals surface area contributed by atoms with E-state index in [9.17, 15) is 9.18 Å². The van der Waals surface area contributed by atoms with Crippen molar-refractivity contribution in [1.82, 2.24) is 5.32 Å². The molecule has 0 fully saturated rings. The third-order valence-corrected chi connectivity index (χ3v) is 2.42. The van der Waals surface area contributed by atoms with Gasteiger partial charge in [0, 0.05) is 6.54 Å². The number of halogens is 1. The topological polar surface area (TPSA) is 64.3 Å². The van der Waals surface area contributed by atoms with E-state index in [-0.39, 0.29) is 19.0 Å². The van der Waals surface area contributed by atoms with Crippen molar-refractivity contribution in [2.75, 3.05) is 13.2 Å².